The minimum atomic E-state index is -0.201. The lowest BCUT2D eigenvalue weighted by Gasteiger charge is -2.21. The summed E-state index contributed by atoms with van der Waals surface area (Å²) in [6.07, 6.45) is 2.63. The highest BCUT2D eigenvalue weighted by Gasteiger charge is 2.18. The summed E-state index contributed by atoms with van der Waals surface area (Å²) < 4.78 is 19.5. The molecule has 0 N–H and O–H groups in total. The van der Waals surface area contributed by atoms with E-state index >= 15 is 0 Å². The molecular weight excluding hydrogens is 285 g/mol. The lowest BCUT2D eigenvalue weighted by Crippen LogP contribution is -2.28. The number of likely N-dealkylation sites (N-methyl/N-ethyl adjacent to an activating group) is 1. The van der Waals surface area contributed by atoms with Crippen molar-refractivity contribution in [2.75, 3.05) is 20.2 Å². The van der Waals surface area contributed by atoms with Crippen LogP contribution in [-0.2, 0) is 11.3 Å². The summed E-state index contributed by atoms with van der Waals surface area (Å²) in [6.45, 7) is 2.52. The summed E-state index contributed by atoms with van der Waals surface area (Å²) in [4.78, 5) is 2.18. The second-order valence-electron chi connectivity index (χ2n) is 4.54. The van der Waals surface area contributed by atoms with E-state index in [0.29, 0.717) is 10.6 Å². The molecule has 1 atom stereocenters. The maximum atomic E-state index is 13.3. The molecule has 0 spiro atoms. The maximum Gasteiger partial charge on any atom is 0.137 e. The van der Waals surface area contributed by atoms with Crippen LogP contribution in [0.15, 0.2) is 22.7 Å². The van der Waals surface area contributed by atoms with Crippen LogP contribution >= 0.6 is 15.9 Å². The molecule has 94 valence electrons. The first-order chi connectivity index (χ1) is 8.16. The highest BCUT2D eigenvalue weighted by atomic mass is 79.9. The van der Waals surface area contributed by atoms with Gasteiger partial charge in [0.15, 0.2) is 0 Å². The summed E-state index contributed by atoms with van der Waals surface area (Å²) in [6, 6.07) is 5.15. The van der Waals surface area contributed by atoms with Crippen LogP contribution in [-0.4, -0.2) is 31.2 Å². The molecule has 1 unspecified atom stereocenters. The van der Waals surface area contributed by atoms with Gasteiger partial charge in [0.1, 0.15) is 5.82 Å². The zero-order chi connectivity index (χ0) is 12.3. The number of nitrogens with zero attached hydrogens (tertiary/aromatic N) is 1. The molecule has 1 fully saturated rings. The van der Waals surface area contributed by atoms with Crippen LogP contribution in [0.4, 0.5) is 4.39 Å². The molecule has 0 amide bonds. The quantitative estimate of drug-likeness (QED) is 0.847. The molecule has 0 aromatic heterocycles. The molecule has 0 saturated carbocycles. The van der Waals surface area contributed by atoms with Crippen molar-refractivity contribution in [3.63, 3.8) is 0 Å². The Morgan fingerprint density at radius 3 is 3.06 bits per heavy atom. The molecule has 4 heteroatoms. The van der Waals surface area contributed by atoms with E-state index in [9.17, 15) is 4.39 Å². The Morgan fingerprint density at radius 1 is 1.53 bits per heavy atom. The van der Waals surface area contributed by atoms with Crippen LogP contribution in [0, 0.1) is 5.82 Å². The summed E-state index contributed by atoms with van der Waals surface area (Å²) >= 11 is 3.29. The summed E-state index contributed by atoms with van der Waals surface area (Å²) in [5.74, 6) is -0.201. The zero-order valence-electron chi connectivity index (χ0n) is 9.96. The van der Waals surface area contributed by atoms with Crippen LogP contribution < -0.4 is 0 Å². The number of benzene rings is 1. The largest absolute Gasteiger partial charge is 0.377 e. The van der Waals surface area contributed by atoms with Crippen molar-refractivity contribution in [1.29, 1.82) is 0 Å². The van der Waals surface area contributed by atoms with Crippen molar-refractivity contribution in [2.24, 2.45) is 0 Å². The molecule has 1 heterocycles. The first-order valence-corrected chi connectivity index (χ1v) is 6.69. The van der Waals surface area contributed by atoms with Crippen LogP contribution in [0.3, 0.4) is 0 Å². The molecule has 2 nitrogen and oxygen atoms in total. The van der Waals surface area contributed by atoms with Gasteiger partial charge < -0.3 is 4.74 Å². The van der Waals surface area contributed by atoms with Crippen LogP contribution in [0.5, 0.6) is 0 Å². The summed E-state index contributed by atoms with van der Waals surface area (Å²) in [5.41, 5.74) is 0.977. The predicted octanol–water partition coefficient (Wildman–Crippen LogP) is 3.20. The van der Waals surface area contributed by atoms with Crippen LogP contribution in [0.1, 0.15) is 18.4 Å². The van der Waals surface area contributed by atoms with E-state index in [1.807, 2.05) is 13.1 Å². The van der Waals surface area contributed by atoms with Gasteiger partial charge in [-0.2, -0.15) is 0 Å². The van der Waals surface area contributed by atoms with Gasteiger partial charge in [-0.15, -0.1) is 0 Å². The number of rotatable bonds is 4. The van der Waals surface area contributed by atoms with E-state index < -0.39 is 0 Å². The topological polar surface area (TPSA) is 12.5 Å². The van der Waals surface area contributed by atoms with E-state index in [2.05, 4.69) is 20.8 Å². The lowest BCUT2D eigenvalue weighted by atomic mass is 10.2. The van der Waals surface area contributed by atoms with E-state index in [1.165, 1.54) is 6.07 Å². The van der Waals surface area contributed by atoms with E-state index in [0.717, 1.165) is 38.1 Å². The van der Waals surface area contributed by atoms with Crippen LogP contribution in [0.2, 0.25) is 0 Å². The SMILES string of the molecule is CN(Cc1cccc(F)c1Br)CC1CCCO1. The Morgan fingerprint density at radius 2 is 2.35 bits per heavy atom. The molecular formula is C13H17BrFNO. The average molecular weight is 302 g/mol. The molecule has 1 aliphatic heterocycles. The minimum Gasteiger partial charge on any atom is -0.377 e. The molecule has 2 rings (SSSR count). The second kappa shape index (κ2) is 5.94. The van der Waals surface area contributed by atoms with Gasteiger partial charge in [-0.3, -0.25) is 4.90 Å². The van der Waals surface area contributed by atoms with Crippen molar-refractivity contribution < 1.29 is 9.13 Å². The third-order valence-corrected chi connectivity index (χ3v) is 3.90. The molecule has 1 aliphatic rings. The molecule has 0 radical (unpaired) electrons. The Kier molecular flexibility index (Phi) is 4.54. The highest BCUT2D eigenvalue weighted by molar-refractivity contribution is 9.10. The van der Waals surface area contributed by atoms with Gasteiger partial charge in [0, 0.05) is 19.7 Å². The van der Waals surface area contributed by atoms with Gasteiger partial charge in [0.2, 0.25) is 0 Å². The van der Waals surface area contributed by atoms with Crippen molar-refractivity contribution >= 4 is 15.9 Å². The van der Waals surface area contributed by atoms with E-state index in [-0.39, 0.29) is 5.82 Å². The molecule has 1 aromatic carbocycles. The Hall–Kier alpha value is -0.450. The summed E-state index contributed by atoms with van der Waals surface area (Å²) in [7, 11) is 2.04. The van der Waals surface area contributed by atoms with Crippen molar-refractivity contribution in [3.8, 4) is 0 Å². The van der Waals surface area contributed by atoms with Crippen LogP contribution in [0.25, 0.3) is 0 Å². The van der Waals surface area contributed by atoms with E-state index in [1.54, 1.807) is 6.07 Å². The highest BCUT2D eigenvalue weighted by Crippen LogP contribution is 2.22. The smallest absolute Gasteiger partial charge is 0.137 e. The van der Waals surface area contributed by atoms with Gasteiger partial charge in [-0.05, 0) is 47.4 Å². The van der Waals surface area contributed by atoms with Crippen molar-refractivity contribution in [1.82, 2.24) is 4.90 Å². The van der Waals surface area contributed by atoms with E-state index in [4.69, 9.17) is 4.74 Å². The zero-order valence-corrected chi connectivity index (χ0v) is 11.5. The lowest BCUT2D eigenvalue weighted by molar-refractivity contribution is 0.0792. The Labute approximate surface area is 110 Å². The number of halogens is 2. The van der Waals surface area contributed by atoms with Gasteiger partial charge in [0.25, 0.3) is 0 Å². The monoisotopic (exact) mass is 301 g/mol. The second-order valence-corrected chi connectivity index (χ2v) is 5.34. The number of hydrogen-bond acceptors (Lipinski definition) is 2. The predicted molar refractivity (Wildman–Crippen MR) is 69.4 cm³/mol. The average Bonchev–Trinajstić information content (AvgIpc) is 2.77. The summed E-state index contributed by atoms with van der Waals surface area (Å²) in [5, 5.41) is 0. The standard InChI is InChI=1S/C13H17BrFNO/c1-16(9-11-5-3-7-17-11)8-10-4-2-6-12(15)13(10)14/h2,4,6,11H,3,5,7-9H2,1H3. The molecule has 1 saturated heterocycles. The first kappa shape index (κ1) is 13.0. The Bertz CT molecular complexity index is 380. The fourth-order valence-electron chi connectivity index (χ4n) is 2.16. The van der Waals surface area contributed by atoms with Gasteiger partial charge in [0.05, 0.1) is 10.6 Å². The third-order valence-electron chi connectivity index (χ3n) is 3.01. The normalized spacial score (nSPS) is 20.1. The Balaban J connectivity index is 1.93. The van der Waals surface area contributed by atoms with Gasteiger partial charge in [-0.25, -0.2) is 4.39 Å². The van der Waals surface area contributed by atoms with Gasteiger partial charge in [-0.1, -0.05) is 12.1 Å². The number of hydrogen-bond donors (Lipinski definition) is 0. The fourth-order valence-corrected chi connectivity index (χ4v) is 2.55. The first-order valence-electron chi connectivity index (χ1n) is 5.90. The molecule has 1 aromatic rings. The van der Waals surface area contributed by atoms with Gasteiger partial charge >= 0.3 is 0 Å². The molecule has 0 bridgehead atoms. The molecule has 17 heavy (non-hydrogen) atoms. The minimum absolute atomic E-state index is 0.201. The van der Waals surface area contributed by atoms with Crippen molar-refractivity contribution in [2.45, 2.75) is 25.5 Å². The molecule has 0 aliphatic carbocycles. The number of ether oxygens (including phenoxy) is 1. The van der Waals surface area contributed by atoms with Crippen molar-refractivity contribution in [3.05, 3.63) is 34.1 Å². The third kappa shape index (κ3) is 3.50. The maximum absolute atomic E-state index is 13.3. The fraction of sp³-hybridized carbons (Fsp3) is 0.538.